The molecule has 0 saturated carbocycles. The first-order valence-corrected chi connectivity index (χ1v) is 5.13. The van der Waals surface area contributed by atoms with Crippen molar-refractivity contribution >= 4 is 22.6 Å². The van der Waals surface area contributed by atoms with Gasteiger partial charge in [0.1, 0.15) is 5.82 Å². The normalized spacial score (nSPS) is 10.5. The van der Waals surface area contributed by atoms with Crippen LogP contribution < -0.4 is 0 Å². The molecule has 14 heavy (non-hydrogen) atoms. The van der Waals surface area contributed by atoms with Gasteiger partial charge in [-0.05, 0) is 19.1 Å². The van der Waals surface area contributed by atoms with E-state index in [4.69, 9.17) is 4.42 Å². The number of benzene rings is 1. The molecule has 1 heterocycles. The highest BCUT2D eigenvalue weighted by molar-refractivity contribution is 14.1. The van der Waals surface area contributed by atoms with Gasteiger partial charge < -0.3 is 4.42 Å². The number of halogens is 2. The lowest BCUT2D eigenvalue weighted by atomic mass is 10.1. The van der Waals surface area contributed by atoms with Gasteiger partial charge in [0, 0.05) is 28.2 Å². The molecule has 0 spiro atoms. The highest BCUT2D eigenvalue weighted by atomic mass is 127. The highest BCUT2D eigenvalue weighted by Gasteiger charge is 2.10. The summed E-state index contributed by atoms with van der Waals surface area (Å²) in [4.78, 5) is 4.11. The lowest BCUT2D eigenvalue weighted by molar-refractivity contribution is 0.537. The summed E-state index contributed by atoms with van der Waals surface area (Å²) in [5.41, 5.74) is 1.50. The SMILES string of the molecule is Cc1nc(I)oc1-c1cccc(F)c1. The number of aryl methyl sites for hydroxylation is 1. The molecule has 72 valence electrons. The lowest BCUT2D eigenvalue weighted by Crippen LogP contribution is -1.80. The maximum atomic E-state index is 12.9. The summed E-state index contributed by atoms with van der Waals surface area (Å²) in [5.74, 6) is 0.363. The Kier molecular flexibility index (Phi) is 2.54. The van der Waals surface area contributed by atoms with Crippen molar-refractivity contribution < 1.29 is 8.81 Å². The molecule has 1 aromatic carbocycles. The summed E-state index contributed by atoms with van der Waals surface area (Å²) in [6.07, 6.45) is 0. The number of rotatable bonds is 1. The quantitative estimate of drug-likeness (QED) is 0.755. The monoisotopic (exact) mass is 303 g/mol. The molecule has 0 radical (unpaired) electrons. The molecule has 0 saturated heterocycles. The van der Waals surface area contributed by atoms with Gasteiger partial charge in [0.05, 0.1) is 5.69 Å². The van der Waals surface area contributed by atoms with Crippen LogP contribution in [0, 0.1) is 16.6 Å². The van der Waals surface area contributed by atoms with Crippen molar-refractivity contribution in [3.8, 4) is 11.3 Å². The topological polar surface area (TPSA) is 26.0 Å². The second kappa shape index (κ2) is 3.68. The van der Waals surface area contributed by atoms with E-state index in [0.29, 0.717) is 9.66 Å². The minimum Gasteiger partial charge on any atom is -0.432 e. The van der Waals surface area contributed by atoms with Gasteiger partial charge in [0.15, 0.2) is 5.76 Å². The maximum Gasteiger partial charge on any atom is 0.257 e. The molecular weight excluding hydrogens is 296 g/mol. The van der Waals surface area contributed by atoms with E-state index >= 15 is 0 Å². The van der Waals surface area contributed by atoms with Crippen molar-refractivity contribution in [3.63, 3.8) is 0 Å². The minimum atomic E-state index is -0.270. The van der Waals surface area contributed by atoms with Gasteiger partial charge >= 0.3 is 0 Å². The van der Waals surface area contributed by atoms with Crippen LogP contribution in [0.25, 0.3) is 11.3 Å². The van der Waals surface area contributed by atoms with E-state index in [9.17, 15) is 4.39 Å². The van der Waals surface area contributed by atoms with Crippen LogP contribution in [0.3, 0.4) is 0 Å². The number of hydrogen-bond donors (Lipinski definition) is 0. The fraction of sp³-hybridized carbons (Fsp3) is 0.100. The molecule has 0 aliphatic heterocycles. The second-order valence-corrected chi connectivity index (χ2v) is 3.81. The molecular formula is C10H7FINO. The van der Waals surface area contributed by atoms with E-state index in [0.717, 1.165) is 11.3 Å². The molecule has 2 nitrogen and oxygen atoms in total. The zero-order chi connectivity index (χ0) is 10.1. The molecule has 0 atom stereocenters. The molecule has 2 rings (SSSR count). The Balaban J connectivity index is 2.54. The van der Waals surface area contributed by atoms with Crippen LogP contribution in [-0.2, 0) is 0 Å². The molecule has 0 aliphatic carbocycles. The third kappa shape index (κ3) is 1.79. The summed E-state index contributed by atoms with van der Waals surface area (Å²) in [6, 6.07) is 6.29. The second-order valence-electron chi connectivity index (χ2n) is 2.89. The Morgan fingerprint density at radius 3 is 2.79 bits per heavy atom. The first-order chi connectivity index (χ1) is 6.66. The lowest BCUT2D eigenvalue weighted by Gasteiger charge is -1.96. The van der Waals surface area contributed by atoms with Crippen LogP contribution >= 0.6 is 22.6 Å². The van der Waals surface area contributed by atoms with E-state index in [1.54, 1.807) is 12.1 Å². The Labute approximate surface area is 94.3 Å². The summed E-state index contributed by atoms with van der Waals surface area (Å²) in [6.45, 7) is 1.84. The summed E-state index contributed by atoms with van der Waals surface area (Å²) in [5, 5.41) is 0. The number of aromatic nitrogens is 1. The Morgan fingerprint density at radius 1 is 1.43 bits per heavy atom. The minimum absolute atomic E-state index is 0.270. The zero-order valence-electron chi connectivity index (χ0n) is 7.42. The van der Waals surface area contributed by atoms with Crippen LogP contribution in [0.5, 0.6) is 0 Å². The van der Waals surface area contributed by atoms with Gasteiger partial charge in [-0.2, -0.15) is 0 Å². The Bertz CT molecular complexity index is 467. The third-order valence-electron chi connectivity index (χ3n) is 1.86. The third-order valence-corrected chi connectivity index (χ3v) is 2.32. The Hall–Kier alpha value is -0.910. The Morgan fingerprint density at radius 2 is 2.21 bits per heavy atom. The number of nitrogens with zero attached hydrogens (tertiary/aromatic N) is 1. The van der Waals surface area contributed by atoms with Crippen LogP contribution in [0.2, 0.25) is 0 Å². The standard InChI is InChI=1S/C10H7FINO/c1-6-9(14-10(12)13-6)7-3-2-4-8(11)5-7/h2-5H,1H3. The molecule has 0 unspecified atom stereocenters. The van der Waals surface area contributed by atoms with E-state index < -0.39 is 0 Å². The van der Waals surface area contributed by atoms with Gasteiger partial charge in [0.25, 0.3) is 3.90 Å². The van der Waals surface area contributed by atoms with E-state index in [1.807, 2.05) is 29.5 Å². The molecule has 2 aromatic rings. The van der Waals surface area contributed by atoms with Crippen molar-refractivity contribution in [2.45, 2.75) is 6.92 Å². The smallest absolute Gasteiger partial charge is 0.257 e. The summed E-state index contributed by atoms with van der Waals surface area (Å²) < 4.78 is 18.9. The van der Waals surface area contributed by atoms with Crippen LogP contribution in [0.1, 0.15) is 5.69 Å². The molecule has 0 amide bonds. The summed E-state index contributed by atoms with van der Waals surface area (Å²) in [7, 11) is 0. The zero-order valence-corrected chi connectivity index (χ0v) is 9.58. The van der Waals surface area contributed by atoms with Crippen LogP contribution in [-0.4, -0.2) is 4.98 Å². The van der Waals surface area contributed by atoms with Gasteiger partial charge in [-0.25, -0.2) is 9.37 Å². The van der Waals surface area contributed by atoms with Crippen molar-refractivity contribution in [2.75, 3.05) is 0 Å². The molecule has 1 aromatic heterocycles. The van der Waals surface area contributed by atoms with Crippen molar-refractivity contribution in [1.82, 2.24) is 4.98 Å². The number of oxazole rings is 1. The fourth-order valence-electron chi connectivity index (χ4n) is 1.26. The molecule has 0 fully saturated rings. The van der Waals surface area contributed by atoms with Gasteiger partial charge in [-0.15, -0.1) is 0 Å². The van der Waals surface area contributed by atoms with E-state index in [1.165, 1.54) is 12.1 Å². The predicted molar refractivity (Wildman–Crippen MR) is 59.4 cm³/mol. The van der Waals surface area contributed by atoms with E-state index in [2.05, 4.69) is 4.98 Å². The maximum absolute atomic E-state index is 12.9. The van der Waals surface area contributed by atoms with Crippen LogP contribution in [0.15, 0.2) is 28.7 Å². The average Bonchev–Trinajstić information content (AvgIpc) is 2.45. The molecule has 0 N–H and O–H groups in total. The fourth-order valence-corrected chi connectivity index (χ4v) is 1.84. The molecule has 0 aliphatic rings. The van der Waals surface area contributed by atoms with Crippen molar-refractivity contribution in [1.29, 1.82) is 0 Å². The first-order valence-electron chi connectivity index (χ1n) is 4.05. The highest BCUT2D eigenvalue weighted by Crippen LogP contribution is 2.25. The largest absolute Gasteiger partial charge is 0.432 e. The first kappa shape index (κ1) is 9.64. The average molecular weight is 303 g/mol. The predicted octanol–water partition coefficient (Wildman–Crippen LogP) is 3.39. The molecule has 4 heteroatoms. The van der Waals surface area contributed by atoms with Crippen molar-refractivity contribution in [3.05, 3.63) is 39.7 Å². The molecule has 0 bridgehead atoms. The summed E-state index contributed by atoms with van der Waals surface area (Å²) >= 11 is 1.99. The van der Waals surface area contributed by atoms with Gasteiger partial charge in [-0.1, -0.05) is 12.1 Å². The van der Waals surface area contributed by atoms with Gasteiger partial charge in [0.2, 0.25) is 0 Å². The van der Waals surface area contributed by atoms with Crippen LogP contribution in [0.4, 0.5) is 4.39 Å². The van der Waals surface area contributed by atoms with Gasteiger partial charge in [-0.3, -0.25) is 0 Å². The van der Waals surface area contributed by atoms with Crippen molar-refractivity contribution in [2.24, 2.45) is 0 Å². The number of hydrogen-bond acceptors (Lipinski definition) is 2. The van der Waals surface area contributed by atoms with E-state index in [-0.39, 0.29) is 5.82 Å².